The standard InChI is InChI=1S/C10H17N3O4/c1-7(3-2-4-14)12-8(15)6-13-9(16)5-11-10(13)17/h7,14H,2-6H2,1H3,(H,11,17)(H,12,15). The van der Waals surface area contributed by atoms with Crippen LogP contribution in [0.2, 0.25) is 0 Å². The summed E-state index contributed by atoms with van der Waals surface area (Å²) in [6, 6.07) is -0.622. The zero-order chi connectivity index (χ0) is 12.8. The molecule has 7 heteroatoms. The average molecular weight is 243 g/mol. The first-order valence-corrected chi connectivity index (χ1v) is 5.53. The second kappa shape index (κ2) is 6.19. The molecule has 0 bridgehead atoms. The normalized spacial score (nSPS) is 16.9. The third-order valence-corrected chi connectivity index (χ3v) is 2.44. The van der Waals surface area contributed by atoms with Gasteiger partial charge in [0.15, 0.2) is 0 Å². The molecule has 4 amide bonds. The molecular formula is C10H17N3O4. The number of hydrogen-bond donors (Lipinski definition) is 3. The van der Waals surface area contributed by atoms with Crippen LogP contribution in [0.15, 0.2) is 0 Å². The van der Waals surface area contributed by atoms with Gasteiger partial charge in [-0.1, -0.05) is 0 Å². The Bertz CT molecular complexity index is 303. The van der Waals surface area contributed by atoms with Gasteiger partial charge in [0.2, 0.25) is 5.91 Å². The van der Waals surface area contributed by atoms with Crippen molar-refractivity contribution in [2.45, 2.75) is 25.8 Å². The van der Waals surface area contributed by atoms with E-state index in [1.54, 1.807) is 6.92 Å². The van der Waals surface area contributed by atoms with Crippen LogP contribution in [0.5, 0.6) is 0 Å². The predicted octanol–water partition coefficient (Wildman–Crippen LogP) is -1.18. The summed E-state index contributed by atoms with van der Waals surface area (Å²) in [6.45, 7) is 1.58. The molecule has 0 saturated carbocycles. The minimum Gasteiger partial charge on any atom is -0.396 e. The third kappa shape index (κ3) is 4.03. The van der Waals surface area contributed by atoms with Gasteiger partial charge in [-0.3, -0.25) is 14.5 Å². The monoisotopic (exact) mass is 243 g/mol. The number of carbonyl (C=O) groups excluding carboxylic acids is 3. The maximum absolute atomic E-state index is 11.5. The molecule has 1 unspecified atom stereocenters. The number of imide groups is 1. The molecule has 1 aliphatic heterocycles. The molecule has 96 valence electrons. The van der Waals surface area contributed by atoms with Crippen LogP contribution in [0.1, 0.15) is 19.8 Å². The highest BCUT2D eigenvalue weighted by Gasteiger charge is 2.30. The first-order valence-electron chi connectivity index (χ1n) is 5.53. The molecule has 1 aliphatic rings. The van der Waals surface area contributed by atoms with Gasteiger partial charge in [-0.25, -0.2) is 4.79 Å². The first kappa shape index (κ1) is 13.4. The Morgan fingerprint density at radius 1 is 1.59 bits per heavy atom. The van der Waals surface area contributed by atoms with Crippen molar-refractivity contribution in [3.63, 3.8) is 0 Å². The zero-order valence-electron chi connectivity index (χ0n) is 9.73. The van der Waals surface area contributed by atoms with Crippen LogP contribution < -0.4 is 10.6 Å². The fourth-order valence-electron chi connectivity index (χ4n) is 1.55. The van der Waals surface area contributed by atoms with Crippen molar-refractivity contribution in [3.05, 3.63) is 0 Å². The molecule has 0 aromatic heterocycles. The summed E-state index contributed by atoms with van der Waals surface area (Å²) in [4.78, 5) is 34.8. The van der Waals surface area contributed by atoms with Gasteiger partial charge in [0.05, 0.1) is 6.54 Å². The lowest BCUT2D eigenvalue weighted by Gasteiger charge is -2.16. The van der Waals surface area contributed by atoms with E-state index in [2.05, 4.69) is 10.6 Å². The molecule has 7 nitrogen and oxygen atoms in total. The van der Waals surface area contributed by atoms with Crippen LogP contribution in [0.25, 0.3) is 0 Å². The minimum atomic E-state index is -0.534. The van der Waals surface area contributed by atoms with Crippen LogP contribution in [0.3, 0.4) is 0 Å². The number of aliphatic hydroxyl groups excluding tert-OH is 1. The van der Waals surface area contributed by atoms with Gasteiger partial charge in [-0.15, -0.1) is 0 Å². The Morgan fingerprint density at radius 2 is 2.29 bits per heavy atom. The van der Waals surface area contributed by atoms with Crippen molar-refractivity contribution in [2.24, 2.45) is 0 Å². The number of nitrogens with one attached hydrogen (secondary N) is 2. The van der Waals surface area contributed by atoms with Gasteiger partial charge in [0.25, 0.3) is 5.91 Å². The molecule has 0 aromatic carbocycles. The third-order valence-electron chi connectivity index (χ3n) is 2.44. The van der Waals surface area contributed by atoms with E-state index in [4.69, 9.17) is 5.11 Å². The van der Waals surface area contributed by atoms with Crippen molar-refractivity contribution >= 4 is 17.8 Å². The first-order chi connectivity index (χ1) is 8.04. The van der Waals surface area contributed by atoms with Crippen LogP contribution in [-0.2, 0) is 9.59 Å². The van der Waals surface area contributed by atoms with Crippen LogP contribution >= 0.6 is 0 Å². The molecule has 0 radical (unpaired) electrons. The summed E-state index contributed by atoms with van der Waals surface area (Å²) in [5.41, 5.74) is 0. The minimum absolute atomic E-state index is 0.0494. The number of urea groups is 1. The average Bonchev–Trinajstić information content (AvgIpc) is 2.58. The molecule has 0 aromatic rings. The van der Waals surface area contributed by atoms with Gasteiger partial charge in [-0.05, 0) is 19.8 Å². The van der Waals surface area contributed by atoms with Crippen molar-refractivity contribution in [3.8, 4) is 0 Å². The maximum atomic E-state index is 11.5. The summed E-state index contributed by atoms with van der Waals surface area (Å²) < 4.78 is 0. The largest absolute Gasteiger partial charge is 0.396 e. The van der Waals surface area contributed by atoms with Crippen molar-refractivity contribution in [2.75, 3.05) is 19.7 Å². The molecule has 0 aliphatic carbocycles. The molecule has 1 saturated heterocycles. The number of rotatable bonds is 6. The summed E-state index contributed by atoms with van der Waals surface area (Å²) >= 11 is 0. The second-order valence-electron chi connectivity index (χ2n) is 3.97. The van der Waals surface area contributed by atoms with E-state index in [0.717, 1.165) is 4.90 Å². The Balaban J connectivity index is 2.34. The lowest BCUT2D eigenvalue weighted by atomic mass is 10.2. The maximum Gasteiger partial charge on any atom is 0.325 e. The Morgan fingerprint density at radius 3 is 2.82 bits per heavy atom. The molecule has 1 fully saturated rings. The van der Waals surface area contributed by atoms with Gasteiger partial charge in [0, 0.05) is 12.6 Å². The summed E-state index contributed by atoms with van der Waals surface area (Å²) in [5.74, 6) is -0.769. The quantitative estimate of drug-likeness (QED) is 0.511. The lowest BCUT2D eigenvalue weighted by Crippen LogP contribution is -2.43. The lowest BCUT2D eigenvalue weighted by molar-refractivity contribution is -0.130. The van der Waals surface area contributed by atoms with E-state index in [0.29, 0.717) is 12.8 Å². The van der Waals surface area contributed by atoms with Crippen molar-refractivity contribution in [1.82, 2.24) is 15.5 Å². The molecular weight excluding hydrogens is 226 g/mol. The number of amides is 4. The highest BCUT2D eigenvalue weighted by atomic mass is 16.3. The van der Waals surface area contributed by atoms with Crippen molar-refractivity contribution in [1.29, 1.82) is 0 Å². The highest BCUT2D eigenvalue weighted by Crippen LogP contribution is 1.99. The Kier molecular flexibility index (Phi) is 4.89. The van der Waals surface area contributed by atoms with E-state index in [9.17, 15) is 14.4 Å². The predicted molar refractivity (Wildman–Crippen MR) is 59.0 cm³/mol. The van der Waals surface area contributed by atoms with E-state index >= 15 is 0 Å². The fourth-order valence-corrected chi connectivity index (χ4v) is 1.55. The summed E-state index contributed by atoms with van der Waals surface area (Å²) in [7, 11) is 0. The van der Waals surface area contributed by atoms with Crippen LogP contribution in [0.4, 0.5) is 4.79 Å². The number of aliphatic hydroxyl groups is 1. The Hall–Kier alpha value is -1.63. The zero-order valence-corrected chi connectivity index (χ0v) is 9.73. The highest BCUT2D eigenvalue weighted by molar-refractivity contribution is 6.04. The topological polar surface area (TPSA) is 98.7 Å². The van der Waals surface area contributed by atoms with Gasteiger partial charge >= 0.3 is 6.03 Å². The van der Waals surface area contributed by atoms with E-state index in [1.807, 2.05) is 0 Å². The molecule has 0 spiro atoms. The molecule has 17 heavy (non-hydrogen) atoms. The number of nitrogens with zero attached hydrogens (tertiary/aromatic N) is 1. The summed E-state index contributed by atoms with van der Waals surface area (Å²) in [5, 5.41) is 13.6. The number of hydrogen-bond acceptors (Lipinski definition) is 4. The molecule has 3 N–H and O–H groups in total. The van der Waals surface area contributed by atoms with E-state index in [-0.39, 0.29) is 31.6 Å². The van der Waals surface area contributed by atoms with Crippen molar-refractivity contribution < 1.29 is 19.5 Å². The SMILES string of the molecule is CC(CCCO)NC(=O)CN1C(=O)CNC1=O. The fraction of sp³-hybridized carbons (Fsp3) is 0.700. The smallest absolute Gasteiger partial charge is 0.325 e. The van der Waals surface area contributed by atoms with Gasteiger partial charge < -0.3 is 15.7 Å². The molecule has 1 atom stereocenters. The summed E-state index contributed by atoms with van der Waals surface area (Å²) in [6.07, 6.45) is 1.26. The van der Waals surface area contributed by atoms with Gasteiger partial charge in [0.1, 0.15) is 6.54 Å². The van der Waals surface area contributed by atoms with E-state index < -0.39 is 11.9 Å². The molecule has 1 heterocycles. The Labute approximate surface area is 99.2 Å². The molecule has 1 rings (SSSR count). The van der Waals surface area contributed by atoms with Crippen LogP contribution in [0, 0.1) is 0 Å². The number of carbonyl (C=O) groups is 3. The van der Waals surface area contributed by atoms with Crippen LogP contribution in [-0.4, -0.2) is 53.6 Å². The van der Waals surface area contributed by atoms with E-state index in [1.165, 1.54) is 0 Å². The van der Waals surface area contributed by atoms with Gasteiger partial charge in [-0.2, -0.15) is 0 Å². The second-order valence-corrected chi connectivity index (χ2v) is 3.97.